The van der Waals surface area contributed by atoms with Gasteiger partial charge in [-0.15, -0.1) is 24.0 Å². The van der Waals surface area contributed by atoms with Gasteiger partial charge >= 0.3 is 0 Å². The van der Waals surface area contributed by atoms with Gasteiger partial charge in [-0.25, -0.2) is 0 Å². The van der Waals surface area contributed by atoms with E-state index in [2.05, 4.69) is 85.8 Å². The Morgan fingerprint density at radius 2 is 1.78 bits per heavy atom. The van der Waals surface area contributed by atoms with Crippen molar-refractivity contribution in [2.45, 2.75) is 19.3 Å². The number of hydrogen-bond donors (Lipinski definition) is 1. The van der Waals surface area contributed by atoms with E-state index in [-0.39, 0.29) is 0 Å². The predicted molar refractivity (Wildman–Crippen MR) is 123 cm³/mol. The van der Waals surface area contributed by atoms with Crippen molar-refractivity contribution in [3.05, 3.63) is 100 Å². The molecule has 4 aromatic rings. The molecule has 0 N–H and O–H groups in total. The Morgan fingerprint density at radius 1 is 0.926 bits per heavy atom. The molecule has 1 aliphatic carbocycles. The van der Waals surface area contributed by atoms with Gasteiger partial charge in [0, 0.05) is 31.0 Å². The average Bonchev–Trinajstić information content (AvgIpc) is 3.08. The van der Waals surface area contributed by atoms with Crippen LogP contribution in [0.15, 0.2) is 83.8 Å². The van der Waals surface area contributed by atoms with E-state index in [1.807, 2.05) is 11.3 Å². The zero-order valence-corrected chi connectivity index (χ0v) is 16.9. The molecular formula is C25H20S2. The van der Waals surface area contributed by atoms with Gasteiger partial charge in [-0.05, 0) is 47.7 Å². The summed E-state index contributed by atoms with van der Waals surface area (Å²) in [6.45, 7) is 2.20. The second-order valence-electron chi connectivity index (χ2n) is 7.21. The SMILES string of the molecule is Cc1cccc2c1sc1ccc(C3C=CC(S)=C(c4ccccc4)C3)cc12. The molecule has 0 fully saturated rings. The number of rotatable bonds is 2. The van der Waals surface area contributed by atoms with E-state index < -0.39 is 0 Å². The number of aryl methyl sites for hydroxylation is 1. The lowest BCUT2D eigenvalue weighted by Gasteiger charge is -2.22. The van der Waals surface area contributed by atoms with Gasteiger partial charge in [0.25, 0.3) is 0 Å². The minimum absolute atomic E-state index is 0.389. The largest absolute Gasteiger partial charge is 0.143 e. The van der Waals surface area contributed by atoms with Gasteiger partial charge in [0.05, 0.1) is 0 Å². The summed E-state index contributed by atoms with van der Waals surface area (Å²) < 4.78 is 2.78. The molecule has 0 saturated heterocycles. The summed E-state index contributed by atoms with van der Waals surface area (Å²) in [5.41, 5.74) is 5.35. The van der Waals surface area contributed by atoms with Gasteiger partial charge in [0.1, 0.15) is 0 Å². The summed E-state index contributed by atoms with van der Waals surface area (Å²) in [6.07, 6.45) is 5.46. The number of thiol groups is 1. The molecule has 0 aliphatic heterocycles. The maximum absolute atomic E-state index is 4.72. The van der Waals surface area contributed by atoms with Crippen LogP contribution in [0.25, 0.3) is 25.7 Å². The van der Waals surface area contributed by atoms with Gasteiger partial charge in [0.2, 0.25) is 0 Å². The predicted octanol–water partition coefficient (Wildman–Crippen LogP) is 7.75. The van der Waals surface area contributed by atoms with E-state index in [1.54, 1.807) is 0 Å². The van der Waals surface area contributed by atoms with Gasteiger partial charge in [-0.1, -0.05) is 66.7 Å². The standard InChI is InChI=1S/C25H20S2/c1-16-6-5-9-20-22-15-19(11-13-24(22)27-25(16)20)18-10-12-23(26)21(14-18)17-7-3-2-4-8-17/h2-13,15,18,26H,14H2,1H3. The first kappa shape index (κ1) is 16.9. The first-order chi connectivity index (χ1) is 13.2. The third-order valence-electron chi connectivity index (χ3n) is 5.49. The second kappa shape index (κ2) is 6.70. The quantitative estimate of drug-likeness (QED) is 0.336. The van der Waals surface area contributed by atoms with Gasteiger partial charge < -0.3 is 0 Å². The van der Waals surface area contributed by atoms with E-state index >= 15 is 0 Å². The van der Waals surface area contributed by atoms with Crippen LogP contribution < -0.4 is 0 Å². The summed E-state index contributed by atoms with van der Waals surface area (Å²) >= 11 is 6.63. The van der Waals surface area contributed by atoms with Gasteiger partial charge in [-0.2, -0.15) is 0 Å². The highest BCUT2D eigenvalue weighted by molar-refractivity contribution is 7.85. The highest BCUT2D eigenvalue weighted by Crippen LogP contribution is 2.41. The van der Waals surface area contributed by atoms with Crippen LogP contribution in [0.4, 0.5) is 0 Å². The van der Waals surface area contributed by atoms with Crippen molar-refractivity contribution in [2.24, 2.45) is 0 Å². The van der Waals surface area contributed by atoms with Crippen LogP contribution in [0.1, 0.15) is 29.0 Å². The molecule has 1 unspecified atom stereocenters. The zero-order valence-electron chi connectivity index (χ0n) is 15.1. The van der Waals surface area contributed by atoms with Crippen molar-refractivity contribution in [2.75, 3.05) is 0 Å². The first-order valence-electron chi connectivity index (χ1n) is 9.28. The number of thiophene rings is 1. The summed E-state index contributed by atoms with van der Waals surface area (Å²) in [5.74, 6) is 0.389. The summed E-state index contributed by atoms with van der Waals surface area (Å²) in [5, 5.41) is 2.76. The molecule has 1 aromatic heterocycles. The molecule has 2 heteroatoms. The Hall–Kier alpha value is -2.29. The van der Waals surface area contributed by atoms with Crippen molar-refractivity contribution in [1.29, 1.82) is 0 Å². The zero-order chi connectivity index (χ0) is 18.4. The summed E-state index contributed by atoms with van der Waals surface area (Å²) in [7, 11) is 0. The van der Waals surface area contributed by atoms with Crippen LogP contribution in [-0.2, 0) is 0 Å². The molecule has 1 atom stereocenters. The Balaban J connectivity index is 1.57. The fraction of sp³-hybridized carbons (Fsp3) is 0.120. The Labute approximate surface area is 169 Å². The van der Waals surface area contributed by atoms with Crippen molar-refractivity contribution >= 4 is 49.7 Å². The lowest BCUT2D eigenvalue weighted by atomic mass is 9.85. The maximum Gasteiger partial charge on any atom is 0.0384 e. The molecular weight excluding hydrogens is 364 g/mol. The van der Waals surface area contributed by atoms with E-state index in [4.69, 9.17) is 12.6 Å². The fourth-order valence-electron chi connectivity index (χ4n) is 4.02. The molecule has 1 aliphatic rings. The average molecular weight is 385 g/mol. The molecule has 0 bridgehead atoms. The van der Waals surface area contributed by atoms with E-state index in [1.165, 1.54) is 42.4 Å². The Morgan fingerprint density at radius 3 is 2.63 bits per heavy atom. The molecule has 0 radical (unpaired) electrons. The van der Waals surface area contributed by atoms with E-state index in [9.17, 15) is 0 Å². The van der Waals surface area contributed by atoms with Crippen molar-refractivity contribution in [3.8, 4) is 0 Å². The lowest BCUT2D eigenvalue weighted by molar-refractivity contribution is 0.868. The molecule has 0 spiro atoms. The topological polar surface area (TPSA) is 0 Å². The number of benzene rings is 3. The number of fused-ring (bicyclic) bond motifs is 3. The maximum atomic E-state index is 4.72. The Kier molecular flexibility index (Phi) is 4.18. The molecule has 0 nitrogen and oxygen atoms in total. The van der Waals surface area contributed by atoms with E-state index in [0.717, 1.165) is 11.3 Å². The minimum atomic E-state index is 0.389. The highest BCUT2D eigenvalue weighted by Gasteiger charge is 2.19. The summed E-state index contributed by atoms with van der Waals surface area (Å²) in [4.78, 5) is 1.08. The lowest BCUT2D eigenvalue weighted by Crippen LogP contribution is -2.02. The van der Waals surface area contributed by atoms with Crippen LogP contribution >= 0.6 is 24.0 Å². The monoisotopic (exact) mass is 384 g/mol. The summed E-state index contributed by atoms with van der Waals surface area (Å²) in [6, 6.07) is 24.2. The molecule has 27 heavy (non-hydrogen) atoms. The molecule has 0 amide bonds. The fourth-order valence-corrected chi connectivity index (χ4v) is 5.48. The molecule has 0 saturated carbocycles. The molecule has 1 heterocycles. The van der Waals surface area contributed by atoms with Crippen molar-refractivity contribution in [1.82, 2.24) is 0 Å². The first-order valence-corrected chi connectivity index (χ1v) is 10.5. The third-order valence-corrected chi connectivity index (χ3v) is 7.23. The molecule has 132 valence electrons. The van der Waals surface area contributed by atoms with Crippen molar-refractivity contribution < 1.29 is 0 Å². The van der Waals surface area contributed by atoms with Gasteiger partial charge in [-0.3, -0.25) is 0 Å². The molecule has 3 aromatic carbocycles. The Bertz CT molecular complexity index is 1210. The van der Waals surface area contributed by atoms with Crippen LogP contribution in [-0.4, -0.2) is 0 Å². The number of hydrogen-bond acceptors (Lipinski definition) is 2. The normalized spacial score (nSPS) is 17.2. The number of allylic oxidation sites excluding steroid dienone is 3. The highest BCUT2D eigenvalue weighted by atomic mass is 32.1. The van der Waals surface area contributed by atoms with Crippen LogP contribution in [0.2, 0.25) is 0 Å². The van der Waals surface area contributed by atoms with Crippen molar-refractivity contribution in [3.63, 3.8) is 0 Å². The van der Waals surface area contributed by atoms with Crippen LogP contribution in [0.3, 0.4) is 0 Å². The van der Waals surface area contributed by atoms with Gasteiger partial charge in [0.15, 0.2) is 0 Å². The smallest absolute Gasteiger partial charge is 0.0384 e. The minimum Gasteiger partial charge on any atom is -0.143 e. The van der Waals surface area contributed by atoms with E-state index in [0.29, 0.717) is 5.92 Å². The van der Waals surface area contributed by atoms with Crippen LogP contribution in [0, 0.1) is 6.92 Å². The third kappa shape index (κ3) is 2.93. The second-order valence-corrected chi connectivity index (χ2v) is 8.74. The molecule has 5 rings (SSSR count). The van der Waals surface area contributed by atoms with Crippen LogP contribution in [0.5, 0.6) is 0 Å².